The Morgan fingerprint density at radius 3 is 2.40 bits per heavy atom. The van der Waals surface area contributed by atoms with E-state index in [1.807, 2.05) is 0 Å². The van der Waals surface area contributed by atoms with Crippen molar-refractivity contribution in [2.75, 3.05) is 5.33 Å². The summed E-state index contributed by atoms with van der Waals surface area (Å²) in [6.07, 6.45) is 13.8. The van der Waals surface area contributed by atoms with E-state index in [4.69, 9.17) is 0 Å². The van der Waals surface area contributed by atoms with Crippen molar-refractivity contribution in [3.8, 4) is 0 Å². The summed E-state index contributed by atoms with van der Waals surface area (Å²) >= 11 is 3.79. The summed E-state index contributed by atoms with van der Waals surface area (Å²) in [6.45, 7) is 0. The van der Waals surface area contributed by atoms with Crippen LogP contribution in [0.4, 0.5) is 0 Å². The first kappa shape index (κ1) is 10.6. The van der Waals surface area contributed by atoms with Crippen LogP contribution in [0.5, 0.6) is 0 Å². The fraction of sp³-hybridized carbons (Fsp3) is 1.00. The van der Waals surface area contributed by atoms with Gasteiger partial charge in [-0.2, -0.15) is 0 Å². The minimum Gasteiger partial charge on any atom is -0.0922 e. The molecule has 0 nitrogen and oxygen atoms in total. The summed E-state index contributed by atoms with van der Waals surface area (Å²) in [5, 5.41) is 1.27. The van der Waals surface area contributed by atoms with Gasteiger partial charge >= 0.3 is 0 Å². The van der Waals surface area contributed by atoms with Crippen LogP contribution in [-0.2, 0) is 0 Å². The van der Waals surface area contributed by atoms with E-state index in [-0.39, 0.29) is 0 Å². The summed E-state index contributed by atoms with van der Waals surface area (Å²) in [7, 11) is 0. The maximum absolute atomic E-state index is 3.79. The van der Waals surface area contributed by atoms with Gasteiger partial charge in [-0.1, -0.05) is 35.2 Å². The summed E-state index contributed by atoms with van der Waals surface area (Å²) in [4.78, 5) is 0. The van der Waals surface area contributed by atoms with Crippen LogP contribution in [0.25, 0.3) is 0 Å². The van der Waals surface area contributed by atoms with Gasteiger partial charge in [0.1, 0.15) is 0 Å². The second-order valence-electron chi connectivity index (χ2n) is 6.48. The molecule has 3 fully saturated rings. The topological polar surface area (TPSA) is 0 Å². The van der Waals surface area contributed by atoms with E-state index >= 15 is 0 Å². The molecule has 0 saturated heterocycles. The van der Waals surface area contributed by atoms with Crippen LogP contribution in [0.1, 0.15) is 57.8 Å². The monoisotopic (exact) mass is 270 g/mol. The van der Waals surface area contributed by atoms with Crippen molar-refractivity contribution < 1.29 is 0 Å². The molecule has 86 valence electrons. The lowest BCUT2D eigenvalue weighted by atomic mass is 9.74. The van der Waals surface area contributed by atoms with Gasteiger partial charge in [0.25, 0.3) is 0 Å². The van der Waals surface area contributed by atoms with Gasteiger partial charge in [-0.05, 0) is 61.7 Å². The Balaban J connectivity index is 1.64. The normalized spacial score (nSPS) is 42.6. The first-order valence-corrected chi connectivity index (χ1v) is 7.99. The Morgan fingerprint density at radius 2 is 1.87 bits per heavy atom. The van der Waals surface area contributed by atoms with Crippen molar-refractivity contribution in [1.29, 1.82) is 0 Å². The van der Waals surface area contributed by atoms with Crippen LogP contribution in [0, 0.1) is 23.2 Å². The molecule has 3 aliphatic carbocycles. The Bertz CT molecular complexity index is 229. The Morgan fingerprint density at radius 1 is 1.07 bits per heavy atom. The molecule has 0 radical (unpaired) electrons. The van der Waals surface area contributed by atoms with E-state index in [0.29, 0.717) is 0 Å². The van der Waals surface area contributed by atoms with Crippen LogP contribution < -0.4 is 0 Å². The highest BCUT2D eigenvalue weighted by molar-refractivity contribution is 9.09. The molecule has 0 aromatic rings. The highest BCUT2D eigenvalue weighted by Crippen LogP contribution is 2.55. The number of fused-ring (bicyclic) bond motifs is 2. The molecule has 3 aliphatic rings. The minimum atomic E-state index is 0.717. The lowest BCUT2D eigenvalue weighted by Gasteiger charge is -2.33. The van der Waals surface area contributed by atoms with Crippen molar-refractivity contribution >= 4 is 15.9 Å². The first-order valence-electron chi connectivity index (χ1n) is 6.87. The number of alkyl halides is 1. The summed E-state index contributed by atoms with van der Waals surface area (Å²) in [5.41, 5.74) is 0.717. The van der Waals surface area contributed by atoms with Crippen molar-refractivity contribution in [3.63, 3.8) is 0 Å². The molecular formula is C14H23Br. The van der Waals surface area contributed by atoms with Gasteiger partial charge in [-0.25, -0.2) is 0 Å². The van der Waals surface area contributed by atoms with E-state index in [9.17, 15) is 0 Å². The average Bonchev–Trinajstić information content (AvgIpc) is 2.93. The van der Waals surface area contributed by atoms with Crippen LogP contribution in [0.3, 0.4) is 0 Å². The number of halogens is 1. The van der Waals surface area contributed by atoms with Crippen LogP contribution in [-0.4, -0.2) is 5.33 Å². The molecule has 0 aromatic heterocycles. The summed E-state index contributed by atoms with van der Waals surface area (Å²) in [5.74, 6) is 3.37. The molecule has 0 aromatic carbocycles. The molecule has 0 spiro atoms. The van der Waals surface area contributed by atoms with Gasteiger partial charge in [0.2, 0.25) is 0 Å². The standard InChI is InChI=1S/C14H23Br/c15-10-14(5-1-2-6-14)9-13-8-11-3-4-12(13)7-11/h11-13H,1-10H2. The molecular weight excluding hydrogens is 248 g/mol. The van der Waals surface area contributed by atoms with Gasteiger partial charge < -0.3 is 0 Å². The molecule has 3 saturated carbocycles. The molecule has 0 heterocycles. The lowest BCUT2D eigenvalue weighted by Crippen LogP contribution is -2.25. The zero-order valence-electron chi connectivity index (χ0n) is 9.68. The van der Waals surface area contributed by atoms with E-state index in [2.05, 4.69) is 15.9 Å². The molecule has 3 atom stereocenters. The van der Waals surface area contributed by atoms with Crippen LogP contribution >= 0.6 is 15.9 Å². The van der Waals surface area contributed by atoms with Crippen molar-refractivity contribution in [2.24, 2.45) is 23.2 Å². The highest BCUT2D eigenvalue weighted by Gasteiger charge is 2.44. The molecule has 2 bridgehead atoms. The largest absolute Gasteiger partial charge is 0.0922 e. The Hall–Kier alpha value is 0.480. The van der Waals surface area contributed by atoms with Crippen molar-refractivity contribution in [3.05, 3.63) is 0 Å². The zero-order chi connectivity index (χ0) is 10.3. The van der Waals surface area contributed by atoms with E-state index in [1.165, 1.54) is 31.0 Å². The predicted molar refractivity (Wildman–Crippen MR) is 68.3 cm³/mol. The summed E-state index contributed by atoms with van der Waals surface area (Å²) in [6, 6.07) is 0. The molecule has 1 heteroatoms. The van der Waals surface area contributed by atoms with Gasteiger partial charge in [0.05, 0.1) is 0 Å². The van der Waals surface area contributed by atoms with E-state index in [1.54, 1.807) is 32.1 Å². The fourth-order valence-electron chi connectivity index (χ4n) is 4.70. The minimum absolute atomic E-state index is 0.717. The molecule has 0 aliphatic heterocycles. The van der Waals surface area contributed by atoms with Crippen LogP contribution in [0.15, 0.2) is 0 Å². The van der Waals surface area contributed by atoms with Crippen LogP contribution in [0.2, 0.25) is 0 Å². The smallest absolute Gasteiger partial charge is 0.00880 e. The third-order valence-electron chi connectivity index (χ3n) is 5.53. The Kier molecular flexibility index (Phi) is 2.87. The predicted octanol–water partition coefficient (Wildman–Crippen LogP) is 4.77. The molecule has 3 unspecified atom stereocenters. The van der Waals surface area contributed by atoms with Gasteiger partial charge in [-0.15, -0.1) is 0 Å². The highest BCUT2D eigenvalue weighted by atomic mass is 79.9. The fourth-order valence-corrected chi connectivity index (χ4v) is 5.49. The van der Waals surface area contributed by atoms with Gasteiger partial charge in [-0.3, -0.25) is 0 Å². The number of rotatable bonds is 3. The van der Waals surface area contributed by atoms with E-state index < -0.39 is 0 Å². The van der Waals surface area contributed by atoms with E-state index in [0.717, 1.165) is 23.2 Å². The maximum Gasteiger partial charge on any atom is 0.00880 e. The summed E-state index contributed by atoms with van der Waals surface area (Å²) < 4.78 is 0. The maximum atomic E-state index is 3.79. The second-order valence-corrected chi connectivity index (χ2v) is 7.04. The number of hydrogen-bond donors (Lipinski definition) is 0. The van der Waals surface area contributed by atoms with Gasteiger partial charge in [0.15, 0.2) is 0 Å². The lowest BCUT2D eigenvalue weighted by molar-refractivity contribution is 0.200. The third kappa shape index (κ3) is 1.90. The molecule has 3 rings (SSSR count). The van der Waals surface area contributed by atoms with Gasteiger partial charge in [0, 0.05) is 5.33 Å². The zero-order valence-corrected chi connectivity index (χ0v) is 11.3. The SMILES string of the molecule is BrCC1(CC2CC3CCC2C3)CCCC1. The Labute approximate surface area is 102 Å². The second kappa shape index (κ2) is 4.05. The average molecular weight is 271 g/mol. The molecule has 0 amide bonds. The quantitative estimate of drug-likeness (QED) is 0.649. The van der Waals surface area contributed by atoms with Crippen molar-refractivity contribution in [2.45, 2.75) is 57.8 Å². The number of hydrogen-bond acceptors (Lipinski definition) is 0. The first-order chi connectivity index (χ1) is 7.31. The van der Waals surface area contributed by atoms with Crippen molar-refractivity contribution in [1.82, 2.24) is 0 Å². The molecule has 15 heavy (non-hydrogen) atoms. The molecule has 0 N–H and O–H groups in total. The third-order valence-corrected chi connectivity index (χ3v) is 6.72.